The smallest absolute Gasteiger partial charge is 0.136 e. The van der Waals surface area contributed by atoms with Crippen LogP contribution in [0.15, 0.2) is 144 Å². The molecule has 0 fully saturated rings. The second-order valence-corrected chi connectivity index (χ2v) is 14.1. The van der Waals surface area contributed by atoms with Crippen LogP contribution in [0.4, 0.5) is 17.1 Å². The maximum Gasteiger partial charge on any atom is 0.136 e. The molecule has 0 amide bonds. The van der Waals surface area contributed by atoms with Crippen LogP contribution in [0.2, 0.25) is 0 Å². The van der Waals surface area contributed by atoms with Crippen LogP contribution < -0.4 is 4.90 Å². The molecule has 1 aliphatic carbocycles. The van der Waals surface area contributed by atoms with Crippen LogP contribution in [-0.2, 0) is 5.41 Å². The van der Waals surface area contributed by atoms with E-state index in [2.05, 4.69) is 158 Å². The highest BCUT2D eigenvalue weighted by atomic mass is 32.1. The van der Waals surface area contributed by atoms with Gasteiger partial charge in [-0.1, -0.05) is 86.6 Å². The summed E-state index contributed by atoms with van der Waals surface area (Å²) >= 11 is 1.86. The Morgan fingerprint density at radius 1 is 0.478 bits per heavy atom. The summed E-state index contributed by atoms with van der Waals surface area (Å²) in [4.78, 5) is 2.42. The summed E-state index contributed by atoms with van der Waals surface area (Å²) in [5.74, 6) is 0. The van der Waals surface area contributed by atoms with E-state index in [1.807, 2.05) is 11.3 Å². The second kappa shape index (κ2) is 9.32. The Labute approximate surface area is 270 Å². The Morgan fingerprint density at radius 3 is 2.00 bits per heavy atom. The first-order valence-electron chi connectivity index (χ1n) is 15.8. The molecule has 3 heteroatoms. The fourth-order valence-corrected chi connectivity index (χ4v) is 8.81. The van der Waals surface area contributed by atoms with E-state index in [1.165, 1.54) is 53.2 Å². The number of furan rings is 1. The molecule has 0 spiro atoms. The number of hydrogen-bond acceptors (Lipinski definition) is 3. The van der Waals surface area contributed by atoms with Crippen LogP contribution in [0.5, 0.6) is 0 Å². The zero-order valence-corrected chi connectivity index (χ0v) is 26.4. The van der Waals surface area contributed by atoms with E-state index >= 15 is 0 Å². The van der Waals surface area contributed by atoms with Crippen LogP contribution in [-0.4, -0.2) is 0 Å². The van der Waals surface area contributed by atoms with Crippen LogP contribution in [0.1, 0.15) is 25.0 Å². The Hall–Kier alpha value is -5.38. The van der Waals surface area contributed by atoms with Crippen molar-refractivity contribution in [2.45, 2.75) is 19.3 Å². The van der Waals surface area contributed by atoms with Crippen molar-refractivity contribution in [2.24, 2.45) is 0 Å². The third-order valence-electron chi connectivity index (χ3n) is 10.0. The predicted molar refractivity (Wildman–Crippen MR) is 196 cm³/mol. The molecule has 10 rings (SSSR count). The van der Waals surface area contributed by atoms with Crippen LogP contribution in [0.3, 0.4) is 0 Å². The molecule has 46 heavy (non-hydrogen) atoms. The Kier molecular flexibility index (Phi) is 5.25. The Bertz CT molecular complexity index is 2690. The molecule has 218 valence electrons. The number of rotatable bonds is 3. The van der Waals surface area contributed by atoms with Gasteiger partial charge in [0, 0.05) is 53.4 Å². The van der Waals surface area contributed by atoms with E-state index in [1.54, 1.807) is 0 Å². The average Bonchev–Trinajstić information content (AvgIpc) is 3.71. The molecule has 2 heterocycles. The lowest BCUT2D eigenvalue weighted by Crippen LogP contribution is -2.16. The molecule has 0 atom stereocenters. The third-order valence-corrected chi connectivity index (χ3v) is 11.2. The summed E-state index contributed by atoms with van der Waals surface area (Å²) in [5, 5.41) is 7.26. The molecule has 0 unspecified atom stereocenters. The lowest BCUT2D eigenvalue weighted by molar-refractivity contribution is 0.660. The van der Waals surface area contributed by atoms with Gasteiger partial charge >= 0.3 is 0 Å². The van der Waals surface area contributed by atoms with Gasteiger partial charge in [-0.25, -0.2) is 0 Å². The highest BCUT2D eigenvalue weighted by molar-refractivity contribution is 7.25. The summed E-state index contributed by atoms with van der Waals surface area (Å²) in [5.41, 5.74) is 10.5. The number of anilines is 3. The lowest BCUT2D eigenvalue weighted by Gasteiger charge is -2.28. The van der Waals surface area contributed by atoms with E-state index in [0.29, 0.717) is 0 Å². The van der Waals surface area contributed by atoms with Crippen molar-refractivity contribution in [1.82, 2.24) is 0 Å². The molecule has 9 aromatic rings. The molecule has 0 radical (unpaired) electrons. The highest BCUT2D eigenvalue weighted by Crippen LogP contribution is 2.51. The molecular formula is C43H29NOS. The largest absolute Gasteiger partial charge is 0.456 e. The van der Waals surface area contributed by atoms with Gasteiger partial charge < -0.3 is 9.32 Å². The van der Waals surface area contributed by atoms with Gasteiger partial charge in [0.25, 0.3) is 0 Å². The molecule has 2 nitrogen and oxygen atoms in total. The highest BCUT2D eigenvalue weighted by Gasteiger charge is 2.35. The number of hydrogen-bond donors (Lipinski definition) is 0. The zero-order chi connectivity index (χ0) is 30.6. The standard InChI is InChI=1S/C43H29NOS/c1-43(2)37-13-7-5-11-31(37)32-18-15-30(25-38(32)43)44(29-17-20-42-36(24-29)33-12-6-8-14-41(33)46-42)28-16-19-39-35(23-28)34-21-26-9-3-4-10-27(26)22-40(34)45-39/h3-25H,1-2H3. The van der Waals surface area contributed by atoms with Gasteiger partial charge in [-0.15, -0.1) is 11.3 Å². The maximum atomic E-state index is 6.41. The molecule has 7 aromatic carbocycles. The van der Waals surface area contributed by atoms with Crippen LogP contribution in [0.25, 0.3) is 64.0 Å². The summed E-state index contributed by atoms with van der Waals surface area (Å²) in [6, 6.07) is 51.1. The van der Waals surface area contributed by atoms with Crippen molar-refractivity contribution < 1.29 is 4.42 Å². The van der Waals surface area contributed by atoms with Gasteiger partial charge in [0.2, 0.25) is 0 Å². The molecule has 1 aliphatic rings. The molecule has 0 saturated heterocycles. The van der Waals surface area contributed by atoms with Crippen molar-refractivity contribution in [3.05, 3.63) is 151 Å². The quantitative estimate of drug-likeness (QED) is 0.199. The van der Waals surface area contributed by atoms with Gasteiger partial charge in [0.15, 0.2) is 0 Å². The minimum Gasteiger partial charge on any atom is -0.456 e. The first-order chi connectivity index (χ1) is 22.5. The minimum atomic E-state index is -0.0904. The van der Waals surface area contributed by atoms with E-state index in [-0.39, 0.29) is 5.41 Å². The van der Waals surface area contributed by atoms with Crippen LogP contribution in [0, 0.1) is 0 Å². The summed E-state index contributed by atoms with van der Waals surface area (Å²) in [6.45, 7) is 4.70. The van der Waals surface area contributed by atoms with Crippen molar-refractivity contribution in [2.75, 3.05) is 4.90 Å². The fourth-order valence-electron chi connectivity index (χ4n) is 7.72. The third kappa shape index (κ3) is 3.64. The number of nitrogens with zero attached hydrogens (tertiary/aromatic N) is 1. The predicted octanol–water partition coefficient (Wildman–Crippen LogP) is 12.9. The Balaban J connectivity index is 1.22. The summed E-state index contributed by atoms with van der Waals surface area (Å²) < 4.78 is 9.03. The van der Waals surface area contributed by atoms with Gasteiger partial charge in [0.05, 0.1) is 0 Å². The monoisotopic (exact) mass is 607 g/mol. The average molecular weight is 608 g/mol. The van der Waals surface area contributed by atoms with Gasteiger partial charge in [0.1, 0.15) is 11.2 Å². The summed E-state index contributed by atoms with van der Waals surface area (Å²) in [7, 11) is 0. The zero-order valence-electron chi connectivity index (χ0n) is 25.5. The van der Waals surface area contributed by atoms with Gasteiger partial charge in [-0.2, -0.15) is 0 Å². The Morgan fingerprint density at radius 2 is 1.11 bits per heavy atom. The fraction of sp³-hybridized carbons (Fsp3) is 0.0698. The number of benzene rings is 7. The van der Waals surface area contributed by atoms with E-state index in [0.717, 1.165) is 39.0 Å². The van der Waals surface area contributed by atoms with Crippen molar-refractivity contribution in [1.29, 1.82) is 0 Å². The van der Waals surface area contributed by atoms with E-state index < -0.39 is 0 Å². The minimum absolute atomic E-state index is 0.0904. The molecule has 0 bridgehead atoms. The molecule has 0 saturated carbocycles. The summed E-state index contributed by atoms with van der Waals surface area (Å²) in [6.07, 6.45) is 0. The molecule has 2 aromatic heterocycles. The van der Waals surface area contributed by atoms with Crippen molar-refractivity contribution in [3.8, 4) is 11.1 Å². The topological polar surface area (TPSA) is 16.4 Å². The number of thiophene rings is 1. The van der Waals surface area contributed by atoms with Crippen molar-refractivity contribution in [3.63, 3.8) is 0 Å². The lowest BCUT2D eigenvalue weighted by atomic mass is 9.82. The van der Waals surface area contributed by atoms with E-state index in [9.17, 15) is 0 Å². The molecular weight excluding hydrogens is 579 g/mol. The van der Waals surface area contributed by atoms with Crippen LogP contribution >= 0.6 is 11.3 Å². The van der Waals surface area contributed by atoms with E-state index in [4.69, 9.17) is 4.42 Å². The normalized spacial score (nSPS) is 13.6. The number of fused-ring (bicyclic) bond motifs is 10. The van der Waals surface area contributed by atoms with Gasteiger partial charge in [-0.05, 0) is 99.8 Å². The maximum absolute atomic E-state index is 6.41. The second-order valence-electron chi connectivity index (χ2n) is 13.0. The first kappa shape index (κ1) is 25.9. The molecule has 0 aliphatic heterocycles. The van der Waals surface area contributed by atoms with Crippen molar-refractivity contribution >= 4 is 81.3 Å². The SMILES string of the molecule is CC1(C)c2ccccc2-c2ccc(N(c3ccc4oc5cc6ccccc6cc5c4c3)c3ccc4sc5ccccc5c4c3)cc21. The van der Waals surface area contributed by atoms with Gasteiger partial charge in [-0.3, -0.25) is 0 Å². The first-order valence-corrected chi connectivity index (χ1v) is 16.7. The molecule has 0 N–H and O–H groups in total.